The van der Waals surface area contributed by atoms with Gasteiger partial charge in [0, 0.05) is 30.8 Å². The Bertz CT molecular complexity index is 1360. The lowest BCUT2D eigenvalue weighted by atomic mass is 10.0. The zero-order valence-corrected chi connectivity index (χ0v) is 20.1. The Hall–Kier alpha value is -3.20. The Morgan fingerprint density at radius 1 is 0.971 bits per heavy atom. The van der Waals surface area contributed by atoms with Crippen LogP contribution in [0.2, 0.25) is 5.02 Å². The molecule has 0 aromatic heterocycles. The van der Waals surface area contributed by atoms with E-state index in [2.05, 4.69) is 10.6 Å². The summed E-state index contributed by atoms with van der Waals surface area (Å²) in [5.41, 5.74) is 3.11. The SMILES string of the molecule is CCC(=O)Nc1ccc(Cl)c(NC(=O)c2cccc(S(=O)(=O)N3CCc4ccccc4C3)c2)c1. The molecule has 3 aromatic carbocycles. The predicted molar refractivity (Wildman–Crippen MR) is 133 cm³/mol. The van der Waals surface area contributed by atoms with Crippen LogP contribution in [0.5, 0.6) is 0 Å². The van der Waals surface area contributed by atoms with Gasteiger partial charge in [-0.1, -0.05) is 48.9 Å². The van der Waals surface area contributed by atoms with E-state index in [4.69, 9.17) is 11.6 Å². The van der Waals surface area contributed by atoms with Gasteiger partial charge in [0.05, 0.1) is 15.6 Å². The van der Waals surface area contributed by atoms with Gasteiger partial charge in [0.25, 0.3) is 5.91 Å². The second-order valence-electron chi connectivity index (χ2n) is 7.94. The molecular formula is C25H24ClN3O4S. The number of halogens is 1. The van der Waals surface area contributed by atoms with Crippen LogP contribution in [0.25, 0.3) is 0 Å². The predicted octanol–water partition coefficient (Wildman–Crippen LogP) is 4.69. The third-order valence-corrected chi connectivity index (χ3v) is 7.82. The smallest absolute Gasteiger partial charge is 0.255 e. The number of rotatable bonds is 6. The topological polar surface area (TPSA) is 95.6 Å². The lowest BCUT2D eigenvalue weighted by molar-refractivity contribution is -0.115. The first-order valence-corrected chi connectivity index (χ1v) is 12.7. The molecule has 0 fully saturated rings. The van der Waals surface area contributed by atoms with Crippen molar-refractivity contribution in [3.8, 4) is 0 Å². The van der Waals surface area contributed by atoms with Crippen LogP contribution < -0.4 is 10.6 Å². The van der Waals surface area contributed by atoms with E-state index in [1.54, 1.807) is 31.2 Å². The summed E-state index contributed by atoms with van der Waals surface area (Å²) in [6, 6.07) is 18.5. The van der Waals surface area contributed by atoms with Gasteiger partial charge in [0.2, 0.25) is 15.9 Å². The number of amides is 2. The van der Waals surface area contributed by atoms with Crippen molar-refractivity contribution < 1.29 is 18.0 Å². The van der Waals surface area contributed by atoms with Gasteiger partial charge < -0.3 is 10.6 Å². The van der Waals surface area contributed by atoms with Gasteiger partial charge >= 0.3 is 0 Å². The number of carbonyl (C=O) groups excluding carboxylic acids is 2. The Morgan fingerprint density at radius 2 is 1.74 bits per heavy atom. The summed E-state index contributed by atoms with van der Waals surface area (Å²) in [6.07, 6.45) is 0.952. The Kier molecular flexibility index (Phi) is 7.02. The van der Waals surface area contributed by atoms with Gasteiger partial charge in [-0.3, -0.25) is 9.59 Å². The molecule has 34 heavy (non-hydrogen) atoms. The van der Waals surface area contributed by atoms with Crippen LogP contribution in [0, 0.1) is 0 Å². The van der Waals surface area contributed by atoms with E-state index >= 15 is 0 Å². The number of carbonyl (C=O) groups is 2. The van der Waals surface area contributed by atoms with Crippen molar-refractivity contribution in [1.29, 1.82) is 0 Å². The number of hydrogen-bond acceptors (Lipinski definition) is 4. The molecule has 1 heterocycles. The molecule has 0 saturated carbocycles. The molecular weight excluding hydrogens is 474 g/mol. The highest BCUT2D eigenvalue weighted by Crippen LogP contribution is 2.28. The Labute approximate surface area is 203 Å². The van der Waals surface area contributed by atoms with E-state index in [1.165, 1.54) is 22.5 Å². The summed E-state index contributed by atoms with van der Waals surface area (Å²) in [5.74, 6) is -0.681. The standard InChI is InChI=1S/C25H24ClN3O4S/c1-2-24(30)27-20-10-11-22(26)23(15-20)28-25(31)18-8-5-9-21(14-18)34(32,33)29-13-12-17-6-3-4-7-19(17)16-29/h3-11,14-15H,2,12-13,16H2,1H3,(H,27,30)(H,28,31). The maximum Gasteiger partial charge on any atom is 0.255 e. The van der Waals surface area contributed by atoms with E-state index in [1.807, 2.05) is 24.3 Å². The monoisotopic (exact) mass is 497 g/mol. The van der Waals surface area contributed by atoms with Crippen molar-refractivity contribution in [1.82, 2.24) is 4.31 Å². The largest absolute Gasteiger partial charge is 0.326 e. The van der Waals surface area contributed by atoms with Crippen molar-refractivity contribution in [2.75, 3.05) is 17.2 Å². The number of fused-ring (bicyclic) bond motifs is 1. The van der Waals surface area contributed by atoms with Crippen LogP contribution in [0.3, 0.4) is 0 Å². The van der Waals surface area contributed by atoms with Crippen molar-refractivity contribution in [2.45, 2.75) is 31.2 Å². The van der Waals surface area contributed by atoms with Crippen LogP contribution in [-0.4, -0.2) is 31.1 Å². The molecule has 3 aromatic rings. The van der Waals surface area contributed by atoms with Crippen LogP contribution in [0.4, 0.5) is 11.4 Å². The Morgan fingerprint density at radius 3 is 2.50 bits per heavy atom. The lowest BCUT2D eigenvalue weighted by Crippen LogP contribution is -2.36. The van der Waals surface area contributed by atoms with Crippen LogP contribution in [0.15, 0.2) is 71.6 Å². The van der Waals surface area contributed by atoms with E-state index in [0.717, 1.165) is 11.1 Å². The molecule has 7 nitrogen and oxygen atoms in total. The van der Waals surface area contributed by atoms with Crippen LogP contribution in [-0.2, 0) is 27.8 Å². The lowest BCUT2D eigenvalue weighted by Gasteiger charge is -2.28. The molecule has 1 aliphatic rings. The molecule has 2 N–H and O–H groups in total. The molecule has 0 saturated heterocycles. The molecule has 176 valence electrons. The molecule has 0 unspecified atom stereocenters. The molecule has 0 spiro atoms. The third-order valence-electron chi connectivity index (χ3n) is 5.65. The average molecular weight is 498 g/mol. The first-order chi connectivity index (χ1) is 16.3. The van der Waals surface area contributed by atoms with Gasteiger partial charge in [-0.2, -0.15) is 4.31 Å². The summed E-state index contributed by atoms with van der Waals surface area (Å²) in [7, 11) is -3.79. The summed E-state index contributed by atoms with van der Waals surface area (Å²) in [6.45, 7) is 2.40. The summed E-state index contributed by atoms with van der Waals surface area (Å²) in [4.78, 5) is 24.6. The van der Waals surface area contributed by atoms with Gasteiger partial charge in [-0.15, -0.1) is 0 Å². The normalized spacial score (nSPS) is 13.7. The molecule has 0 radical (unpaired) electrons. The molecule has 2 amide bonds. The van der Waals surface area contributed by atoms with Gasteiger partial charge in [0.15, 0.2) is 0 Å². The number of sulfonamides is 1. The van der Waals surface area contributed by atoms with E-state index in [0.29, 0.717) is 42.3 Å². The zero-order chi connectivity index (χ0) is 24.3. The van der Waals surface area contributed by atoms with Gasteiger partial charge in [-0.25, -0.2) is 8.42 Å². The Balaban J connectivity index is 1.54. The molecule has 1 aliphatic heterocycles. The number of nitrogens with one attached hydrogen (secondary N) is 2. The average Bonchev–Trinajstić information content (AvgIpc) is 2.85. The minimum Gasteiger partial charge on any atom is -0.326 e. The van der Waals surface area contributed by atoms with Crippen molar-refractivity contribution in [3.63, 3.8) is 0 Å². The van der Waals surface area contributed by atoms with Crippen molar-refractivity contribution in [2.24, 2.45) is 0 Å². The van der Waals surface area contributed by atoms with Crippen molar-refractivity contribution in [3.05, 3.63) is 88.4 Å². The van der Waals surface area contributed by atoms with E-state index in [9.17, 15) is 18.0 Å². The molecule has 4 rings (SSSR count). The fourth-order valence-electron chi connectivity index (χ4n) is 3.76. The molecule has 9 heteroatoms. The van der Waals surface area contributed by atoms with E-state index < -0.39 is 15.9 Å². The van der Waals surface area contributed by atoms with Crippen molar-refractivity contribution >= 4 is 44.8 Å². The highest BCUT2D eigenvalue weighted by atomic mass is 35.5. The summed E-state index contributed by atoms with van der Waals surface area (Å²) >= 11 is 6.21. The third kappa shape index (κ3) is 5.14. The fraction of sp³-hybridized carbons (Fsp3) is 0.200. The number of anilines is 2. The number of hydrogen-bond donors (Lipinski definition) is 2. The van der Waals surface area contributed by atoms with Crippen LogP contribution >= 0.6 is 11.6 Å². The first-order valence-electron chi connectivity index (χ1n) is 10.9. The highest BCUT2D eigenvalue weighted by Gasteiger charge is 2.28. The number of nitrogens with zero attached hydrogens (tertiary/aromatic N) is 1. The molecule has 0 bridgehead atoms. The minimum absolute atomic E-state index is 0.0505. The summed E-state index contributed by atoms with van der Waals surface area (Å²) < 4.78 is 28.0. The molecule has 0 atom stereocenters. The second kappa shape index (κ2) is 9.97. The fourth-order valence-corrected chi connectivity index (χ4v) is 5.39. The quantitative estimate of drug-likeness (QED) is 0.516. The maximum atomic E-state index is 13.3. The summed E-state index contributed by atoms with van der Waals surface area (Å²) in [5, 5.41) is 5.70. The van der Waals surface area contributed by atoms with Gasteiger partial charge in [0.1, 0.15) is 0 Å². The first kappa shape index (κ1) is 23.9. The van der Waals surface area contributed by atoms with Crippen LogP contribution in [0.1, 0.15) is 34.8 Å². The highest BCUT2D eigenvalue weighted by molar-refractivity contribution is 7.89. The minimum atomic E-state index is -3.79. The van der Waals surface area contributed by atoms with E-state index in [-0.39, 0.29) is 16.4 Å². The second-order valence-corrected chi connectivity index (χ2v) is 10.3. The van der Waals surface area contributed by atoms with Gasteiger partial charge in [-0.05, 0) is 53.9 Å². The maximum absolute atomic E-state index is 13.3. The zero-order valence-electron chi connectivity index (χ0n) is 18.5. The number of benzene rings is 3. The molecule has 0 aliphatic carbocycles.